The van der Waals surface area contributed by atoms with Crippen LogP contribution in [0.3, 0.4) is 0 Å². The highest BCUT2D eigenvalue weighted by molar-refractivity contribution is 5.08. The van der Waals surface area contributed by atoms with E-state index in [1.54, 1.807) is 0 Å². The SMILES string of the molecule is Cc1nnn(N2CCCC2)c1C. The van der Waals surface area contributed by atoms with E-state index in [4.69, 9.17) is 0 Å². The summed E-state index contributed by atoms with van der Waals surface area (Å²) in [6.07, 6.45) is 2.55. The van der Waals surface area contributed by atoms with Gasteiger partial charge in [-0.15, -0.1) is 5.10 Å². The molecule has 0 amide bonds. The molecule has 66 valence electrons. The van der Waals surface area contributed by atoms with E-state index in [0.717, 1.165) is 24.5 Å². The summed E-state index contributed by atoms with van der Waals surface area (Å²) in [5.74, 6) is 0. The minimum absolute atomic E-state index is 1.03. The predicted octanol–water partition coefficient (Wildman–Crippen LogP) is 0.627. The molecule has 2 rings (SSSR count). The lowest BCUT2D eigenvalue weighted by Gasteiger charge is -2.17. The van der Waals surface area contributed by atoms with Crippen molar-refractivity contribution >= 4 is 0 Å². The van der Waals surface area contributed by atoms with Crippen molar-refractivity contribution in [2.75, 3.05) is 18.1 Å². The maximum Gasteiger partial charge on any atom is 0.0847 e. The van der Waals surface area contributed by atoms with Gasteiger partial charge < -0.3 is 0 Å². The summed E-state index contributed by atoms with van der Waals surface area (Å²) in [5.41, 5.74) is 2.19. The third-order valence-corrected chi connectivity index (χ3v) is 2.45. The lowest BCUT2D eigenvalue weighted by molar-refractivity contribution is 0.554. The van der Waals surface area contributed by atoms with E-state index >= 15 is 0 Å². The quantitative estimate of drug-likeness (QED) is 0.613. The van der Waals surface area contributed by atoms with E-state index in [1.807, 2.05) is 11.7 Å². The molecule has 0 atom stereocenters. The van der Waals surface area contributed by atoms with Gasteiger partial charge in [-0.1, -0.05) is 0 Å². The maximum absolute atomic E-state index is 4.09. The van der Waals surface area contributed by atoms with Gasteiger partial charge in [-0.3, -0.25) is 5.01 Å². The highest BCUT2D eigenvalue weighted by Crippen LogP contribution is 2.09. The van der Waals surface area contributed by atoms with E-state index in [-0.39, 0.29) is 0 Å². The Morgan fingerprint density at radius 3 is 2.33 bits per heavy atom. The van der Waals surface area contributed by atoms with E-state index in [1.165, 1.54) is 12.8 Å². The van der Waals surface area contributed by atoms with Gasteiger partial charge in [-0.25, -0.2) is 0 Å². The lowest BCUT2D eigenvalue weighted by Crippen LogP contribution is -2.33. The molecule has 1 aliphatic rings. The minimum atomic E-state index is 1.03. The van der Waals surface area contributed by atoms with Crippen LogP contribution in [-0.4, -0.2) is 28.2 Å². The molecule has 1 fully saturated rings. The van der Waals surface area contributed by atoms with Gasteiger partial charge in [0.2, 0.25) is 0 Å². The first-order chi connectivity index (χ1) is 5.79. The summed E-state index contributed by atoms with van der Waals surface area (Å²) in [6.45, 7) is 6.29. The Morgan fingerprint density at radius 1 is 1.17 bits per heavy atom. The predicted molar refractivity (Wildman–Crippen MR) is 46.7 cm³/mol. The zero-order valence-corrected chi connectivity index (χ0v) is 7.62. The highest BCUT2D eigenvalue weighted by Gasteiger charge is 2.15. The number of hydrogen-bond acceptors (Lipinski definition) is 3. The minimum Gasteiger partial charge on any atom is -0.295 e. The van der Waals surface area contributed by atoms with Gasteiger partial charge in [0.05, 0.1) is 11.4 Å². The summed E-state index contributed by atoms with van der Waals surface area (Å²) >= 11 is 0. The first-order valence-corrected chi connectivity index (χ1v) is 4.43. The van der Waals surface area contributed by atoms with Gasteiger partial charge >= 0.3 is 0 Å². The fourth-order valence-corrected chi connectivity index (χ4v) is 1.55. The molecule has 0 aromatic carbocycles. The maximum atomic E-state index is 4.09. The Hall–Kier alpha value is -1.06. The molecular weight excluding hydrogens is 152 g/mol. The summed E-state index contributed by atoms with van der Waals surface area (Å²) in [6, 6.07) is 0. The smallest absolute Gasteiger partial charge is 0.0847 e. The number of aromatic nitrogens is 3. The Bertz CT molecular complexity index is 273. The van der Waals surface area contributed by atoms with Crippen LogP contribution in [0.1, 0.15) is 24.2 Å². The molecule has 0 N–H and O–H groups in total. The first kappa shape index (κ1) is 7.58. The lowest BCUT2D eigenvalue weighted by atomic mass is 10.4. The van der Waals surface area contributed by atoms with Crippen molar-refractivity contribution in [3.8, 4) is 0 Å². The van der Waals surface area contributed by atoms with Crippen molar-refractivity contribution in [3.63, 3.8) is 0 Å². The number of nitrogens with zero attached hydrogens (tertiary/aromatic N) is 4. The first-order valence-electron chi connectivity index (χ1n) is 4.43. The Kier molecular flexibility index (Phi) is 1.75. The topological polar surface area (TPSA) is 34.0 Å². The second-order valence-electron chi connectivity index (χ2n) is 3.31. The van der Waals surface area contributed by atoms with Crippen molar-refractivity contribution < 1.29 is 0 Å². The molecule has 0 unspecified atom stereocenters. The average molecular weight is 166 g/mol. The number of aryl methyl sites for hydroxylation is 1. The van der Waals surface area contributed by atoms with Gasteiger partial charge in [0.15, 0.2) is 0 Å². The van der Waals surface area contributed by atoms with E-state index < -0.39 is 0 Å². The molecule has 1 aromatic rings. The highest BCUT2D eigenvalue weighted by atomic mass is 15.7. The zero-order chi connectivity index (χ0) is 8.55. The molecule has 0 spiro atoms. The van der Waals surface area contributed by atoms with Crippen LogP contribution in [0, 0.1) is 13.8 Å². The van der Waals surface area contributed by atoms with Crippen LogP contribution in [0.2, 0.25) is 0 Å². The molecule has 4 nitrogen and oxygen atoms in total. The van der Waals surface area contributed by atoms with Crippen LogP contribution in [0.25, 0.3) is 0 Å². The average Bonchev–Trinajstić information content (AvgIpc) is 2.64. The summed E-state index contributed by atoms with van der Waals surface area (Å²) in [7, 11) is 0. The summed E-state index contributed by atoms with van der Waals surface area (Å²) in [5, 5.41) is 10.4. The molecule has 0 radical (unpaired) electrons. The molecule has 0 saturated carbocycles. The molecule has 12 heavy (non-hydrogen) atoms. The van der Waals surface area contributed by atoms with E-state index in [2.05, 4.69) is 22.2 Å². The molecular formula is C8H14N4. The zero-order valence-electron chi connectivity index (χ0n) is 7.62. The number of hydrogen-bond donors (Lipinski definition) is 0. The Morgan fingerprint density at radius 2 is 1.83 bits per heavy atom. The van der Waals surface area contributed by atoms with Crippen molar-refractivity contribution in [2.24, 2.45) is 0 Å². The van der Waals surface area contributed by atoms with Crippen molar-refractivity contribution in [1.82, 2.24) is 15.1 Å². The van der Waals surface area contributed by atoms with Crippen LogP contribution in [-0.2, 0) is 0 Å². The van der Waals surface area contributed by atoms with Gasteiger partial charge in [0, 0.05) is 13.1 Å². The van der Waals surface area contributed by atoms with E-state index in [0.29, 0.717) is 0 Å². The second-order valence-corrected chi connectivity index (χ2v) is 3.31. The normalized spacial score (nSPS) is 17.3. The second kappa shape index (κ2) is 2.77. The van der Waals surface area contributed by atoms with Crippen molar-refractivity contribution in [3.05, 3.63) is 11.4 Å². The molecule has 1 aromatic heterocycles. The van der Waals surface area contributed by atoms with Crippen LogP contribution in [0.4, 0.5) is 0 Å². The standard InChI is InChI=1S/C8H14N4/c1-7-8(2)12(10-9-7)11-5-3-4-6-11/h3-6H2,1-2H3. The Balaban J connectivity index is 2.26. The van der Waals surface area contributed by atoms with Gasteiger partial charge in [-0.2, -0.15) is 4.79 Å². The largest absolute Gasteiger partial charge is 0.295 e. The van der Waals surface area contributed by atoms with E-state index in [9.17, 15) is 0 Å². The molecule has 2 heterocycles. The van der Waals surface area contributed by atoms with Gasteiger partial charge in [-0.05, 0) is 31.9 Å². The van der Waals surface area contributed by atoms with Gasteiger partial charge in [0.25, 0.3) is 0 Å². The molecule has 0 aliphatic carbocycles. The molecule has 1 saturated heterocycles. The molecule has 1 aliphatic heterocycles. The van der Waals surface area contributed by atoms with Crippen LogP contribution >= 0.6 is 0 Å². The fourth-order valence-electron chi connectivity index (χ4n) is 1.55. The van der Waals surface area contributed by atoms with Gasteiger partial charge in [0.1, 0.15) is 0 Å². The third-order valence-electron chi connectivity index (χ3n) is 2.45. The van der Waals surface area contributed by atoms with Crippen molar-refractivity contribution in [1.29, 1.82) is 0 Å². The summed E-state index contributed by atoms with van der Waals surface area (Å²) in [4.78, 5) is 1.93. The van der Waals surface area contributed by atoms with Crippen molar-refractivity contribution in [2.45, 2.75) is 26.7 Å². The molecule has 0 bridgehead atoms. The van der Waals surface area contributed by atoms with Crippen LogP contribution in [0.15, 0.2) is 0 Å². The monoisotopic (exact) mass is 166 g/mol. The van der Waals surface area contributed by atoms with Crippen LogP contribution in [0.5, 0.6) is 0 Å². The Labute approximate surface area is 72.1 Å². The molecule has 4 heteroatoms. The fraction of sp³-hybridized carbons (Fsp3) is 0.750. The summed E-state index contributed by atoms with van der Waals surface area (Å²) < 4.78 is 0. The van der Waals surface area contributed by atoms with Crippen LogP contribution < -0.4 is 5.01 Å². The third kappa shape index (κ3) is 1.07. The number of rotatable bonds is 1.